The van der Waals surface area contributed by atoms with Crippen LogP contribution in [0.4, 0.5) is 0 Å². The molecule has 3 nitrogen and oxygen atoms in total. The Morgan fingerprint density at radius 2 is 2.50 bits per heavy atom. The quantitative estimate of drug-likeness (QED) is 0.482. The Bertz CT molecular complexity index is 94.2. The zero-order chi connectivity index (χ0) is 7.28. The molecule has 0 fully saturated rings. The van der Waals surface area contributed by atoms with Crippen molar-refractivity contribution in [2.75, 3.05) is 6.61 Å². The van der Waals surface area contributed by atoms with Gasteiger partial charge in [-0.1, -0.05) is 0 Å². The molecule has 0 radical (unpaired) electrons. The molecule has 0 aliphatic carbocycles. The van der Waals surface area contributed by atoms with E-state index in [0.29, 0.717) is 0 Å². The van der Waals surface area contributed by atoms with Gasteiger partial charge in [0.1, 0.15) is 7.63 Å². The third-order valence-corrected chi connectivity index (χ3v) is 0.790. The highest BCUT2D eigenvalue weighted by atomic mass is 16.3. The molecular weight excluding hydrogens is 108 g/mol. The molecule has 3 heteroatoms. The van der Waals surface area contributed by atoms with Crippen molar-refractivity contribution in [2.45, 2.75) is 18.9 Å². The number of aliphatic hydroxyl groups is 2. The molecule has 0 heterocycles. The first-order valence-electron chi connectivity index (χ1n) is 2.95. The highest BCUT2D eigenvalue weighted by molar-refractivity contribution is 5.49. The van der Waals surface area contributed by atoms with Crippen LogP contribution in [0.5, 0.6) is 0 Å². The molecule has 0 bridgehead atoms. The maximum atomic E-state index is 9.94. The van der Waals surface area contributed by atoms with Gasteiger partial charge in [-0.25, -0.2) is 0 Å². The molecule has 0 spiro atoms. The van der Waals surface area contributed by atoms with Gasteiger partial charge in [0.2, 0.25) is 0 Å². The molecule has 0 rings (SSSR count). The summed E-state index contributed by atoms with van der Waals surface area (Å²) in [7, 11) is 0. The topological polar surface area (TPSA) is 57.5 Å². The Balaban J connectivity index is 3.16. The van der Waals surface area contributed by atoms with E-state index < -0.39 is 12.4 Å². The first-order valence-corrected chi connectivity index (χ1v) is 2.45. The van der Waals surface area contributed by atoms with E-state index in [4.69, 9.17) is 11.6 Å². The highest BCUT2D eigenvalue weighted by Crippen LogP contribution is 1.91. The third-order valence-electron chi connectivity index (χ3n) is 0.790. The fourth-order valence-electron chi connectivity index (χ4n) is 0.317. The highest BCUT2D eigenvalue weighted by Gasteiger charge is 1.98. The standard InChI is InChI=1S/C5H10O3/c6-3-1-2-5(8)4-7/h3,5,7-8H,1-2,4H2/t5-/m0/s1/i3D. The fourth-order valence-corrected chi connectivity index (χ4v) is 0.317. The summed E-state index contributed by atoms with van der Waals surface area (Å²) < 4.78 is 6.41. The summed E-state index contributed by atoms with van der Waals surface area (Å²) >= 11 is 0. The van der Waals surface area contributed by atoms with Gasteiger partial charge in [-0.15, -0.1) is 0 Å². The predicted molar refractivity (Wildman–Crippen MR) is 28.4 cm³/mol. The van der Waals surface area contributed by atoms with Crippen molar-refractivity contribution in [3.63, 3.8) is 0 Å². The Kier molecular flexibility index (Phi) is 3.39. The van der Waals surface area contributed by atoms with Crippen LogP contribution in [0.2, 0.25) is 0 Å². The monoisotopic (exact) mass is 119 g/mol. The molecule has 0 saturated carbocycles. The minimum atomic E-state index is -0.848. The van der Waals surface area contributed by atoms with Gasteiger partial charge in [-0.3, -0.25) is 0 Å². The van der Waals surface area contributed by atoms with E-state index in [1.165, 1.54) is 0 Å². The molecule has 0 aliphatic heterocycles. The molecule has 0 aromatic rings. The van der Waals surface area contributed by atoms with Crippen molar-refractivity contribution in [1.82, 2.24) is 0 Å². The lowest BCUT2D eigenvalue weighted by molar-refractivity contribution is -0.108. The van der Waals surface area contributed by atoms with E-state index in [0.717, 1.165) is 0 Å². The molecule has 0 aromatic heterocycles. The molecule has 1 atom stereocenters. The second-order valence-corrected chi connectivity index (χ2v) is 1.52. The van der Waals surface area contributed by atoms with Crippen molar-refractivity contribution >= 4 is 6.26 Å². The van der Waals surface area contributed by atoms with E-state index >= 15 is 0 Å². The van der Waals surface area contributed by atoms with Gasteiger partial charge >= 0.3 is 0 Å². The normalized spacial score (nSPS) is 15.0. The molecule has 48 valence electrons. The zero-order valence-corrected chi connectivity index (χ0v) is 4.50. The van der Waals surface area contributed by atoms with E-state index in [-0.39, 0.29) is 19.4 Å². The average Bonchev–Trinajstić information content (AvgIpc) is 1.83. The van der Waals surface area contributed by atoms with Crippen LogP contribution in [0.25, 0.3) is 0 Å². The van der Waals surface area contributed by atoms with E-state index in [1.54, 1.807) is 0 Å². The lowest BCUT2D eigenvalue weighted by Gasteiger charge is -2.00. The SMILES string of the molecule is [2H]C(=O)CC[C@H](O)CO. The molecule has 2 N–H and O–H groups in total. The number of hydrogen-bond donors (Lipinski definition) is 2. The summed E-state index contributed by atoms with van der Waals surface area (Å²) in [6.45, 7) is -0.340. The van der Waals surface area contributed by atoms with E-state index in [2.05, 4.69) is 0 Å². The van der Waals surface area contributed by atoms with Crippen molar-refractivity contribution in [3.05, 3.63) is 0 Å². The first kappa shape index (κ1) is 5.72. The molecule has 8 heavy (non-hydrogen) atoms. The minimum absolute atomic E-state index is 0.0156. The van der Waals surface area contributed by atoms with Crippen LogP contribution in [0.15, 0.2) is 0 Å². The van der Waals surface area contributed by atoms with Crippen LogP contribution in [0, 0.1) is 0 Å². The number of hydrogen-bond acceptors (Lipinski definition) is 3. The van der Waals surface area contributed by atoms with Crippen molar-refractivity contribution < 1.29 is 16.4 Å². The van der Waals surface area contributed by atoms with E-state index in [1.807, 2.05) is 0 Å². The van der Waals surface area contributed by atoms with Crippen LogP contribution in [-0.2, 0) is 4.79 Å². The number of rotatable bonds is 4. The molecule has 0 saturated heterocycles. The average molecular weight is 119 g/mol. The van der Waals surface area contributed by atoms with E-state index in [9.17, 15) is 4.79 Å². The van der Waals surface area contributed by atoms with Crippen LogP contribution in [0.3, 0.4) is 0 Å². The lowest BCUT2D eigenvalue weighted by atomic mass is 10.2. The Hall–Kier alpha value is -0.410. The maximum absolute atomic E-state index is 9.94. The summed E-state index contributed by atoms with van der Waals surface area (Å²) in [5, 5.41) is 16.8. The second-order valence-electron chi connectivity index (χ2n) is 1.52. The zero-order valence-electron chi connectivity index (χ0n) is 5.50. The molecule has 0 aromatic carbocycles. The second kappa shape index (κ2) is 4.74. The number of carbonyl (C=O) groups is 1. The van der Waals surface area contributed by atoms with Gasteiger partial charge in [0.15, 0.2) is 0 Å². The lowest BCUT2D eigenvalue weighted by Crippen LogP contribution is -2.11. The summed E-state index contributed by atoms with van der Waals surface area (Å²) in [6.07, 6.45) is -1.36. The van der Waals surface area contributed by atoms with Crippen molar-refractivity contribution in [2.24, 2.45) is 0 Å². The van der Waals surface area contributed by atoms with Crippen molar-refractivity contribution in [3.8, 4) is 0 Å². The molecule has 0 amide bonds. The maximum Gasteiger partial charge on any atom is 0.120 e. The van der Waals surface area contributed by atoms with Gasteiger partial charge in [-0.2, -0.15) is 0 Å². The van der Waals surface area contributed by atoms with Crippen LogP contribution < -0.4 is 0 Å². The van der Waals surface area contributed by atoms with Gasteiger partial charge in [-0.05, 0) is 6.42 Å². The van der Waals surface area contributed by atoms with Gasteiger partial charge < -0.3 is 15.0 Å². The predicted octanol–water partition coefficient (Wildman–Crippen LogP) is -0.681. The van der Waals surface area contributed by atoms with Gasteiger partial charge in [0.05, 0.1) is 12.7 Å². The number of aliphatic hydroxyl groups excluding tert-OH is 2. The summed E-state index contributed by atoms with van der Waals surface area (Å²) in [5.41, 5.74) is 0. The smallest absolute Gasteiger partial charge is 0.120 e. The number of carbonyl (C=O) groups excluding carboxylic acids is 1. The van der Waals surface area contributed by atoms with Crippen LogP contribution in [-0.4, -0.2) is 29.2 Å². The third kappa shape index (κ3) is 3.77. The first-order chi connectivity index (χ1) is 4.16. The fraction of sp³-hybridized carbons (Fsp3) is 0.800. The summed E-state index contributed by atoms with van der Waals surface area (Å²) in [4.78, 5) is 9.94. The van der Waals surface area contributed by atoms with Crippen molar-refractivity contribution in [1.29, 1.82) is 0 Å². The molecular formula is C5H10O3. The number of aldehydes is 1. The largest absolute Gasteiger partial charge is 0.394 e. The Morgan fingerprint density at radius 3 is 2.88 bits per heavy atom. The summed E-state index contributed by atoms with van der Waals surface area (Å²) in [6, 6.07) is 0. The van der Waals surface area contributed by atoms with Gasteiger partial charge in [0, 0.05) is 6.42 Å². The van der Waals surface area contributed by atoms with Gasteiger partial charge in [0.25, 0.3) is 0 Å². The van der Waals surface area contributed by atoms with Crippen LogP contribution in [0.1, 0.15) is 14.2 Å². The Morgan fingerprint density at radius 1 is 1.88 bits per heavy atom. The Labute approximate surface area is 49.4 Å². The summed E-state index contributed by atoms with van der Waals surface area (Å²) in [5.74, 6) is 0. The minimum Gasteiger partial charge on any atom is -0.394 e. The van der Waals surface area contributed by atoms with Crippen LogP contribution >= 0.6 is 0 Å². The molecule has 0 unspecified atom stereocenters. The molecule has 0 aliphatic rings.